The summed E-state index contributed by atoms with van der Waals surface area (Å²) in [7, 11) is 2.01. The predicted octanol–water partition coefficient (Wildman–Crippen LogP) is 3.70. The Morgan fingerprint density at radius 2 is 1.90 bits per heavy atom. The number of nitrogens with one attached hydrogen (secondary N) is 1. The lowest BCUT2D eigenvalue weighted by atomic mass is 10.1. The van der Waals surface area contributed by atoms with Crippen molar-refractivity contribution in [3.05, 3.63) is 42.6 Å². The van der Waals surface area contributed by atoms with E-state index >= 15 is 0 Å². The smallest absolute Gasteiger partial charge is 0.224 e. The molecule has 0 atom stereocenters. The first-order chi connectivity index (χ1) is 9.66. The van der Waals surface area contributed by atoms with Crippen molar-refractivity contribution in [3.8, 4) is 0 Å². The van der Waals surface area contributed by atoms with Gasteiger partial charge in [-0.25, -0.2) is 4.98 Å². The molecule has 2 aromatic rings. The maximum absolute atomic E-state index is 4.55. The zero-order valence-corrected chi connectivity index (χ0v) is 12.4. The van der Waals surface area contributed by atoms with Gasteiger partial charge in [0.2, 0.25) is 5.95 Å². The lowest BCUT2D eigenvalue weighted by Gasteiger charge is -2.18. The number of nitrogens with zero attached hydrogens (tertiary/aromatic N) is 3. The summed E-state index contributed by atoms with van der Waals surface area (Å²) in [5.74, 6) is 2.25. The predicted molar refractivity (Wildman–Crippen MR) is 84.5 cm³/mol. The summed E-state index contributed by atoms with van der Waals surface area (Å²) in [6.45, 7) is 5.32. The topological polar surface area (TPSA) is 41.1 Å². The van der Waals surface area contributed by atoms with Crippen molar-refractivity contribution in [2.75, 3.05) is 23.8 Å². The molecule has 0 saturated heterocycles. The summed E-state index contributed by atoms with van der Waals surface area (Å²) in [4.78, 5) is 10.9. The van der Waals surface area contributed by atoms with Crippen molar-refractivity contribution in [2.24, 2.45) is 5.92 Å². The van der Waals surface area contributed by atoms with Gasteiger partial charge in [-0.05, 0) is 30.5 Å². The average molecular weight is 270 g/mol. The SMILES string of the molecule is CC(C)CCNc1nccc(N(C)c2ccccc2)n1. The van der Waals surface area contributed by atoms with Crippen LogP contribution in [0.15, 0.2) is 42.6 Å². The van der Waals surface area contributed by atoms with Crippen molar-refractivity contribution >= 4 is 17.5 Å². The van der Waals surface area contributed by atoms with Crippen LogP contribution in [0.25, 0.3) is 0 Å². The Labute approximate surface area is 120 Å². The van der Waals surface area contributed by atoms with Crippen molar-refractivity contribution < 1.29 is 0 Å². The highest BCUT2D eigenvalue weighted by Gasteiger charge is 2.06. The first-order valence-electron chi connectivity index (χ1n) is 7.02. The molecule has 4 heteroatoms. The Morgan fingerprint density at radius 1 is 1.15 bits per heavy atom. The molecule has 106 valence electrons. The highest BCUT2D eigenvalue weighted by atomic mass is 15.2. The quantitative estimate of drug-likeness (QED) is 0.869. The van der Waals surface area contributed by atoms with Gasteiger partial charge >= 0.3 is 0 Å². The Hall–Kier alpha value is -2.10. The van der Waals surface area contributed by atoms with Crippen LogP contribution in [-0.4, -0.2) is 23.6 Å². The van der Waals surface area contributed by atoms with Gasteiger partial charge in [-0.3, -0.25) is 0 Å². The molecule has 0 bridgehead atoms. The van der Waals surface area contributed by atoms with Crippen LogP contribution in [0, 0.1) is 5.92 Å². The second kappa shape index (κ2) is 6.89. The van der Waals surface area contributed by atoms with Crippen LogP contribution >= 0.6 is 0 Å². The molecule has 2 rings (SSSR count). The van der Waals surface area contributed by atoms with Crippen molar-refractivity contribution in [1.29, 1.82) is 0 Å². The number of rotatable bonds is 6. The fourth-order valence-corrected chi connectivity index (χ4v) is 1.88. The van der Waals surface area contributed by atoms with Crippen LogP contribution in [0.5, 0.6) is 0 Å². The minimum atomic E-state index is 0.678. The normalized spacial score (nSPS) is 10.6. The van der Waals surface area contributed by atoms with E-state index in [0.29, 0.717) is 11.9 Å². The molecule has 1 heterocycles. The van der Waals surface area contributed by atoms with E-state index in [2.05, 4.69) is 46.2 Å². The maximum Gasteiger partial charge on any atom is 0.224 e. The summed E-state index contributed by atoms with van der Waals surface area (Å²) < 4.78 is 0. The Balaban J connectivity index is 2.05. The molecular weight excluding hydrogens is 248 g/mol. The molecule has 0 aliphatic carbocycles. The van der Waals surface area contributed by atoms with Crippen molar-refractivity contribution in [1.82, 2.24) is 9.97 Å². The number of anilines is 3. The first kappa shape index (κ1) is 14.3. The van der Waals surface area contributed by atoms with E-state index < -0.39 is 0 Å². The number of hydrogen-bond donors (Lipinski definition) is 1. The molecule has 20 heavy (non-hydrogen) atoms. The lowest BCUT2D eigenvalue weighted by molar-refractivity contribution is 0.606. The van der Waals surface area contributed by atoms with Gasteiger partial charge in [0, 0.05) is 25.5 Å². The molecule has 1 aromatic carbocycles. The van der Waals surface area contributed by atoms with Gasteiger partial charge in [-0.2, -0.15) is 4.98 Å². The first-order valence-corrected chi connectivity index (χ1v) is 7.02. The van der Waals surface area contributed by atoms with Gasteiger partial charge in [-0.15, -0.1) is 0 Å². The van der Waals surface area contributed by atoms with E-state index in [-0.39, 0.29) is 0 Å². The van der Waals surface area contributed by atoms with Crippen LogP contribution < -0.4 is 10.2 Å². The Kier molecular flexibility index (Phi) is 4.93. The zero-order valence-electron chi connectivity index (χ0n) is 12.4. The highest BCUT2D eigenvalue weighted by molar-refractivity contribution is 5.59. The van der Waals surface area contributed by atoms with Gasteiger partial charge in [0.05, 0.1) is 0 Å². The molecule has 0 aliphatic rings. The monoisotopic (exact) mass is 270 g/mol. The van der Waals surface area contributed by atoms with Crippen LogP contribution in [-0.2, 0) is 0 Å². The van der Waals surface area contributed by atoms with E-state index in [1.165, 1.54) is 0 Å². The number of benzene rings is 1. The minimum absolute atomic E-state index is 0.678. The van der Waals surface area contributed by atoms with Gasteiger partial charge < -0.3 is 10.2 Å². The van der Waals surface area contributed by atoms with Gasteiger partial charge in [-0.1, -0.05) is 32.0 Å². The third kappa shape index (κ3) is 3.95. The van der Waals surface area contributed by atoms with Gasteiger partial charge in [0.15, 0.2) is 0 Å². The van der Waals surface area contributed by atoms with Gasteiger partial charge in [0.1, 0.15) is 5.82 Å². The highest BCUT2D eigenvalue weighted by Crippen LogP contribution is 2.21. The number of aromatic nitrogens is 2. The third-order valence-corrected chi connectivity index (χ3v) is 3.13. The zero-order chi connectivity index (χ0) is 14.4. The van der Waals surface area contributed by atoms with Crippen molar-refractivity contribution in [2.45, 2.75) is 20.3 Å². The molecule has 1 aromatic heterocycles. The maximum atomic E-state index is 4.55. The Morgan fingerprint density at radius 3 is 2.60 bits per heavy atom. The van der Waals surface area contributed by atoms with E-state index in [1.54, 1.807) is 6.20 Å². The minimum Gasteiger partial charge on any atom is -0.354 e. The van der Waals surface area contributed by atoms with Crippen LogP contribution in [0.1, 0.15) is 20.3 Å². The van der Waals surface area contributed by atoms with E-state index in [1.807, 2.05) is 31.3 Å². The average Bonchev–Trinajstić information content (AvgIpc) is 2.47. The van der Waals surface area contributed by atoms with E-state index in [9.17, 15) is 0 Å². The standard InChI is InChI=1S/C16H22N4/c1-13(2)9-11-17-16-18-12-10-15(19-16)20(3)14-7-5-4-6-8-14/h4-8,10,12-13H,9,11H2,1-3H3,(H,17,18,19). The molecular formula is C16H22N4. The molecule has 0 spiro atoms. The third-order valence-electron chi connectivity index (χ3n) is 3.13. The summed E-state index contributed by atoms with van der Waals surface area (Å²) in [5.41, 5.74) is 1.11. The largest absolute Gasteiger partial charge is 0.354 e. The molecule has 0 radical (unpaired) electrons. The van der Waals surface area contributed by atoms with Crippen LogP contribution in [0.2, 0.25) is 0 Å². The van der Waals surface area contributed by atoms with E-state index in [0.717, 1.165) is 24.5 Å². The lowest BCUT2D eigenvalue weighted by Crippen LogP contribution is -2.13. The van der Waals surface area contributed by atoms with Crippen LogP contribution in [0.3, 0.4) is 0 Å². The van der Waals surface area contributed by atoms with Crippen molar-refractivity contribution in [3.63, 3.8) is 0 Å². The summed E-state index contributed by atoms with van der Waals surface area (Å²) in [6, 6.07) is 12.1. The summed E-state index contributed by atoms with van der Waals surface area (Å²) in [5, 5.41) is 3.27. The summed E-state index contributed by atoms with van der Waals surface area (Å²) >= 11 is 0. The molecule has 1 N–H and O–H groups in total. The molecule has 4 nitrogen and oxygen atoms in total. The number of para-hydroxylation sites is 1. The number of hydrogen-bond acceptors (Lipinski definition) is 4. The molecule has 0 fully saturated rings. The van der Waals surface area contributed by atoms with Gasteiger partial charge in [0.25, 0.3) is 0 Å². The molecule has 0 unspecified atom stereocenters. The molecule has 0 amide bonds. The second-order valence-electron chi connectivity index (χ2n) is 5.24. The molecule has 0 aliphatic heterocycles. The van der Waals surface area contributed by atoms with Crippen LogP contribution in [0.4, 0.5) is 17.5 Å². The fourth-order valence-electron chi connectivity index (χ4n) is 1.88. The fraction of sp³-hybridized carbons (Fsp3) is 0.375. The van der Waals surface area contributed by atoms with E-state index in [4.69, 9.17) is 0 Å². The molecule has 0 saturated carbocycles. The second-order valence-corrected chi connectivity index (χ2v) is 5.24. The Bertz CT molecular complexity index is 525. The summed E-state index contributed by atoms with van der Waals surface area (Å²) in [6.07, 6.45) is 2.90.